The lowest BCUT2D eigenvalue weighted by molar-refractivity contribution is -0.121. The van der Waals surface area contributed by atoms with Crippen LogP contribution in [-0.4, -0.2) is 55.2 Å². The van der Waals surface area contributed by atoms with Gasteiger partial charge in [-0.05, 0) is 58.1 Å². The van der Waals surface area contributed by atoms with E-state index in [-0.39, 0.29) is 12.0 Å². The van der Waals surface area contributed by atoms with Crippen LogP contribution in [0.15, 0.2) is 30.3 Å². The van der Waals surface area contributed by atoms with Gasteiger partial charge in [0.25, 0.3) is 0 Å². The predicted molar refractivity (Wildman–Crippen MR) is 111 cm³/mol. The molecule has 1 aliphatic heterocycles. The Hall–Kier alpha value is -2.08. The summed E-state index contributed by atoms with van der Waals surface area (Å²) in [7, 11) is 0. The molecular weight excluding hydrogens is 354 g/mol. The van der Waals surface area contributed by atoms with Gasteiger partial charge >= 0.3 is 6.09 Å². The van der Waals surface area contributed by atoms with Crippen molar-refractivity contribution in [1.82, 2.24) is 15.5 Å². The molecule has 0 radical (unpaired) electrons. The number of hydrogen-bond acceptors (Lipinski definition) is 4. The van der Waals surface area contributed by atoms with Gasteiger partial charge in [-0.1, -0.05) is 30.3 Å². The number of amides is 2. The van der Waals surface area contributed by atoms with E-state index in [0.29, 0.717) is 25.4 Å². The Morgan fingerprint density at radius 3 is 2.64 bits per heavy atom. The average Bonchev–Trinajstić information content (AvgIpc) is 3.07. The Labute approximate surface area is 169 Å². The largest absolute Gasteiger partial charge is 0.444 e. The highest BCUT2D eigenvalue weighted by molar-refractivity contribution is 5.75. The molecule has 1 fully saturated rings. The van der Waals surface area contributed by atoms with E-state index in [4.69, 9.17) is 4.74 Å². The molecule has 1 aliphatic rings. The van der Waals surface area contributed by atoms with Crippen molar-refractivity contribution >= 4 is 12.0 Å². The third-order valence-electron chi connectivity index (χ3n) is 4.77. The van der Waals surface area contributed by atoms with E-state index >= 15 is 0 Å². The van der Waals surface area contributed by atoms with E-state index < -0.39 is 5.60 Å². The van der Waals surface area contributed by atoms with E-state index in [1.165, 1.54) is 5.56 Å². The molecule has 28 heavy (non-hydrogen) atoms. The number of carbonyl (C=O) groups is 2. The zero-order chi connectivity index (χ0) is 20.4. The van der Waals surface area contributed by atoms with Crippen molar-refractivity contribution in [2.75, 3.05) is 32.7 Å². The Morgan fingerprint density at radius 2 is 1.93 bits per heavy atom. The minimum absolute atomic E-state index is 0.123. The number of ether oxygens (including phenoxy) is 1. The van der Waals surface area contributed by atoms with Gasteiger partial charge in [-0.25, -0.2) is 4.79 Å². The number of rotatable bonds is 9. The Morgan fingerprint density at radius 1 is 1.18 bits per heavy atom. The topological polar surface area (TPSA) is 70.7 Å². The van der Waals surface area contributed by atoms with Crippen molar-refractivity contribution < 1.29 is 14.3 Å². The van der Waals surface area contributed by atoms with Crippen molar-refractivity contribution in [3.05, 3.63) is 35.9 Å². The quantitative estimate of drug-likeness (QED) is 0.681. The molecule has 6 heteroatoms. The first kappa shape index (κ1) is 22.2. The minimum Gasteiger partial charge on any atom is -0.444 e. The highest BCUT2D eigenvalue weighted by Gasteiger charge is 2.23. The van der Waals surface area contributed by atoms with Gasteiger partial charge in [0.1, 0.15) is 5.60 Å². The maximum Gasteiger partial charge on any atom is 0.407 e. The maximum absolute atomic E-state index is 12.0. The van der Waals surface area contributed by atoms with Gasteiger partial charge in [-0.3, -0.25) is 4.79 Å². The van der Waals surface area contributed by atoms with Gasteiger partial charge < -0.3 is 20.3 Å². The number of alkyl carbamates (subject to hydrolysis) is 1. The first-order valence-electron chi connectivity index (χ1n) is 10.3. The number of likely N-dealkylation sites (tertiary alicyclic amines) is 1. The van der Waals surface area contributed by atoms with Gasteiger partial charge in [0.2, 0.25) is 5.91 Å². The molecule has 1 saturated heterocycles. The summed E-state index contributed by atoms with van der Waals surface area (Å²) in [4.78, 5) is 26.0. The van der Waals surface area contributed by atoms with Gasteiger partial charge in [0, 0.05) is 32.6 Å². The number of aryl methyl sites for hydroxylation is 1. The molecule has 0 saturated carbocycles. The van der Waals surface area contributed by atoms with Gasteiger partial charge in [0.05, 0.1) is 0 Å². The highest BCUT2D eigenvalue weighted by atomic mass is 16.6. The van der Waals surface area contributed by atoms with Crippen LogP contribution in [0.2, 0.25) is 0 Å². The normalized spacial score (nSPS) is 17.3. The first-order chi connectivity index (χ1) is 13.3. The summed E-state index contributed by atoms with van der Waals surface area (Å²) in [5.41, 5.74) is 0.809. The van der Waals surface area contributed by atoms with Crippen molar-refractivity contribution in [2.24, 2.45) is 5.92 Å². The summed E-state index contributed by atoms with van der Waals surface area (Å²) in [5, 5.41) is 5.87. The van der Waals surface area contributed by atoms with Crippen LogP contribution < -0.4 is 10.6 Å². The highest BCUT2D eigenvalue weighted by Crippen LogP contribution is 2.15. The fourth-order valence-electron chi connectivity index (χ4n) is 3.36. The molecule has 0 aromatic heterocycles. The van der Waals surface area contributed by atoms with Crippen LogP contribution in [-0.2, 0) is 16.0 Å². The smallest absolute Gasteiger partial charge is 0.407 e. The zero-order valence-electron chi connectivity index (χ0n) is 17.5. The van der Waals surface area contributed by atoms with Crippen molar-refractivity contribution in [1.29, 1.82) is 0 Å². The molecule has 0 bridgehead atoms. The maximum atomic E-state index is 12.0. The molecule has 6 nitrogen and oxygen atoms in total. The van der Waals surface area contributed by atoms with E-state index in [1.807, 2.05) is 39.0 Å². The summed E-state index contributed by atoms with van der Waals surface area (Å²) in [6.07, 6.45) is 3.08. The number of carbonyl (C=O) groups excluding carboxylic acids is 2. The zero-order valence-corrected chi connectivity index (χ0v) is 17.5. The van der Waals surface area contributed by atoms with Crippen LogP contribution in [0.1, 0.15) is 45.6 Å². The standard InChI is InChI=1S/C22H35N3O3/c1-22(2,3)28-21(27)24-16-19-12-14-25(17-19)15-13-23-20(26)11-7-10-18-8-5-4-6-9-18/h4-6,8-9,19H,7,10-17H2,1-3H3,(H,23,26)(H,24,27)/t19-/m1/s1. The number of nitrogens with one attached hydrogen (secondary N) is 2. The summed E-state index contributed by atoms with van der Waals surface area (Å²) in [5.74, 6) is 0.562. The second kappa shape index (κ2) is 11.1. The van der Waals surface area contributed by atoms with Crippen LogP contribution in [0.4, 0.5) is 4.79 Å². The van der Waals surface area contributed by atoms with Crippen LogP contribution in [0.3, 0.4) is 0 Å². The Kier molecular flexibility index (Phi) is 8.77. The van der Waals surface area contributed by atoms with Gasteiger partial charge in [0.15, 0.2) is 0 Å². The van der Waals surface area contributed by atoms with Crippen LogP contribution in [0, 0.1) is 5.92 Å². The molecule has 1 heterocycles. The lowest BCUT2D eigenvalue weighted by Gasteiger charge is -2.21. The fourth-order valence-corrected chi connectivity index (χ4v) is 3.36. The molecule has 1 atom stereocenters. The van der Waals surface area contributed by atoms with Crippen LogP contribution in [0.25, 0.3) is 0 Å². The molecule has 0 aliphatic carbocycles. The van der Waals surface area contributed by atoms with Crippen molar-refractivity contribution in [2.45, 2.75) is 52.1 Å². The molecule has 1 aromatic carbocycles. The first-order valence-corrected chi connectivity index (χ1v) is 10.3. The molecular formula is C22H35N3O3. The second-order valence-electron chi connectivity index (χ2n) is 8.53. The SMILES string of the molecule is CC(C)(C)OC(=O)NC[C@H]1CCN(CCNC(=O)CCCc2ccccc2)C1. The van der Waals surface area contributed by atoms with Crippen molar-refractivity contribution in [3.63, 3.8) is 0 Å². The minimum atomic E-state index is -0.467. The van der Waals surface area contributed by atoms with E-state index in [9.17, 15) is 9.59 Å². The number of hydrogen-bond donors (Lipinski definition) is 2. The lowest BCUT2D eigenvalue weighted by atomic mass is 10.1. The lowest BCUT2D eigenvalue weighted by Crippen LogP contribution is -2.37. The molecule has 2 amide bonds. The Bertz CT molecular complexity index is 613. The van der Waals surface area contributed by atoms with E-state index in [2.05, 4.69) is 27.7 Å². The molecule has 0 unspecified atom stereocenters. The second-order valence-corrected chi connectivity index (χ2v) is 8.53. The fraction of sp³-hybridized carbons (Fsp3) is 0.636. The third kappa shape index (κ3) is 9.22. The van der Waals surface area contributed by atoms with Gasteiger partial charge in [-0.2, -0.15) is 0 Å². The number of nitrogens with zero attached hydrogens (tertiary/aromatic N) is 1. The monoisotopic (exact) mass is 389 g/mol. The van der Waals surface area contributed by atoms with E-state index in [1.54, 1.807) is 0 Å². The molecule has 2 N–H and O–H groups in total. The predicted octanol–water partition coefficient (Wildman–Crippen LogP) is 2.97. The third-order valence-corrected chi connectivity index (χ3v) is 4.77. The summed E-state index contributed by atoms with van der Waals surface area (Å²) < 4.78 is 5.26. The average molecular weight is 390 g/mol. The summed E-state index contributed by atoms with van der Waals surface area (Å²) in [6.45, 7) is 9.70. The molecule has 1 aromatic rings. The van der Waals surface area contributed by atoms with Gasteiger partial charge in [-0.15, -0.1) is 0 Å². The number of benzene rings is 1. The summed E-state index contributed by atoms with van der Waals surface area (Å²) in [6, 6.07) is 10.3. The van der Waals surface area contributed by atoms with Crippen LogP contribution in [0.5, 0.6) is 0 Å². The van der Waals surface area contributed by atoms with Crippen molar-refractivity contribution in [3.8, 4) is 0 Å². The molecule has 0 spiro atoms. The Balaban J connectivity index is 1.51. The summed E-state index contributed by atoms with van der Waals surface area (Å²) >= 11 is 0. The molecule has 2 rings (SSSR count). The molecule has 156 valence electrons. The van der Waals surface area contributed by atoms with Crippen LogP contribution >= 0.6 is 0 Å². The van der Waals surface area contributed by atoms with E-state index in [0.717, 1.165) is 38.9 Å².